The van der Waals surface area contributed by atoms with E-state index in [1.807, 2.05) is 0 Å². The minimum atomic E-state index is 0.232. The van der Waals surface area contributed by atoms with Crippen LogP contribution in [-0.4, -0.2) is 19.0 Å². The van der Waals surface area contributed by atoms with Gasteiger partial charge in [0.05, 0.1) is 6.10 Å². The summed E-state index contributed by atoms with van der Waals surface area (Å²) in [4.78, 5) is 11.1. The first-order valence-corrected chi connectivity index (χ1v) is 4.58. The van der Waals surface area contributed by atoms with Gasteiger partial charge in [0.1, 0.15) is 0 Å². The summed E-state index contributed by atoms with van der Waals surface area (Å²) in [6.45, 7) is 0. The molecule has 1 saturated carbocycles. The molecule has 0 amide bonds. The molecular formula is C10H14O2. The topological polar surface area (TPSA) is 26.3 Å². The maximum absolute atomic E-state index is 11.1. The Hall–Kier alpha value is -0.630. The van der Waals surface area contributed by atoms with Crippen molar-refractivity contribution in [1.29, 1.82) is 0 Å². The van der Waals surface area contributed by atoms with Gasteiger partial charge in [-0.3, -0.25) is 4.79 Å². The van der Waals surface area contributed by atoms with E-state index in [9.17, 15) is 4.79 Å². The summed E-state index contributed by atoms with van der Waals surface area (Å²) < 4.78 is 5.33. The molecule has 0 aromatic heterocycles. The number of ketones is 1. The number of carbonyl (C=O) groups is 1. The highest BCUT2D eigenvalue weighted by Crippen LogP contribution is 2.37. The van der Waals surface area contributed by atoms with Crippen LogP contribution in [0.4, 0.5) is 0 Å². The van der Waals surface area contributed by atoms with Crippen molar-refractivity contribution in [3.8, 4) is 0 Å². The van der Waals surface area contributed by atoms with E-state index in [0.29, 0.717) is 11.7 Å². The molecule has 0 unspecified atom stereocenters. The maximum Gasteiger partial charge on any atom is 0.156 e. The van der Waals surface area contributed by atoms with Crippen molar-refractivity contribution in [2.45, 2.75) is 31.8 Å². The molecule has 0 radical (unpaired) electrons. The van der Waals surface area contributed by atoms with Gasteiger partial charge in [0.15, 0.2) is 5.78 Å². The lowest BCUT2D eigenvalue weighted by atomic mass is 9.84. The zero-order valence-electron chi connectivity index (χ0n) is 7.38. The predicted octanol–water partition coefficient (Wildman–Crippen LogP) is 1.70. The summed E-state index contributed by atoms with van der Waals surface area (Å²) in [5.41, 5.74) is 1.26. The normalized spacial score (nSPS) is 34.8. The Morgan fingerprint density at radius 1 is 1.50 bits per heavy atom. The van der Waals surface area contributed by atoms with Crippen molar-refractivity contribution in [3.05, 3.63) is 11.6 Å². The standard InChI is InChI=1S/C10H14O2/c1-12-10-4-2-3-7-5-8(11)6-9(7)10/h6-7,10H,2-5H2,1H3/t7-,10+/m1/s1. The molecule has 1 fully saturated rings. The zero-order chi connectivity index (χ0) is 8.55. The highest BCUT2D eigenvalue weighted by atomic mass is 16.5. The van der Waals surface area contributed by atoms with Gasteiger partial charge in [0.2, 0.25) is 0 Å². The van der Waals surface area contributed by atoms with E-state index >= 15 is 0 Å². The van der Waals surface area contributed by atoms with Crippen molar-refractivity contribution in [2.24, 2.45) is 5.92 Å². The first-order chi connectivity index (χ1) is 5.81. The maximum atomic E-state index is 11.1. The Bertz CT molecular complexity index is 230. The van der Waals surface area contributed by atoms with E-state index in [0.717, 1.165) is 12.8 Å². The number of hydrogen-bond donors (Lipinski definition) is 0. The van der Waals surface area contributed by atoms with Gasteiger partial charge < -0.3 is 4.74 Å². The van der Waals surface area contributed by atoms with Crippen LogP contribution in [0.2, 0.25) is 0 Å². The molecule has 2 atom stereocenters. The van der Waals surface area contributed by atoms with Crippen LogP contribution in [0.15, 0.2) is 11.6 Å². The minimum absolute atomic E-state index is 0.232. The second-order valence-corrected chi connectivity index (χ2v) is 3.67. The van der Waals surface area contributed by atoms with Crippen molar-refractivity contribution < 1.29 is 9.53 Å². The highest BCUT2D eigenvalue weighted by molar-refractivity contribution is 5.93. The van der Waals surface area contributed by atoms with Gasteiger partial charge in [-0.05, 0) is 36.8 Å². The minimum Gasteiger partial charge on any atom is -0.377 e. The number of methoxy groups -OCH3 is 1. The van der Waals surface area contributed by atoms with Crippen LogP contribution in [0.25, 0.3) is 0 Å². The molecule has 0 spiro atoms. The van der Waals surface area contributed by atoms with E-state index in [4.69, 9.17) is 4.74 Å². The molecule has 2 aliphatic carbocycles. The number of rotatable bonds is 1. The van der Waals surface area contributed by atoms with E-state index < -0.39 is 0 Å². The van der Waals surface area contributed by atoms with Crippen LogP contribution in [-0.2, 0) is 9.53 Å². The summed E-state index contributed by atoms with van der Waals surface area (Å²) in [6.07, 6.45) is 6.24. The first kappa shape index (κ1) is 7.99. The van der Waals surface area contributed by atoms with E-state index in [1.54, 1.807) is 13.2 Å². The van der Waals surface area contributed by atoms with E-state index in [-0.39, 0.29) is 6.10 Å². The van der Waals surface area contributed by atoms with Crippen LogP contribution < -0.4 is 0 Å². The number of fused-ring (bicyclic) bond motifs is 1. The molecule has 2 heteroatoms. The predicted molar refractivity (Wildman–Crippen MR) is 45.8 cm³/mol. The summed E-state index contributed by atoms with van der Waals surface area (Å²) in [6, 6.07) is 0. The molecule has 0 aromatic carbocycles. The van der Waals surface area contributed by atoms with Crippen molar-refractivity contribution >= 4 is 5.78 Å². The lowest BCUT2D eigenvalue weighted by Crippen LogP contribution is -2.22. The first-order valence-electron chi connectivity index (χ1n) is 4.58. The second kappa shape index (κ2) is 3.02. The molecule has 0 aromatic rings. The largest absolute Gasteiger partial charge is 0.377 e. The summed E-state index contributed by atoms with van der Waals surface area (Å²) >= 11 is 0. The quantitative estimate of drug-likeness (QED) is 0.592. The Balaban J connectivity index is 2.19. The van der Waals surface area contributed by atoms with Crippen molar-refractivity contribution in [1.82, 2.24) is 0 Å². The molecule has 12 heavy (non-hydrogen) atoms. The summed E-state index contributed by atoms with van der Waals surface area (Å²) in [7, 11) is 1.73. The van der Waals surface area contributed by atoms with Crippen molar-refractivity contribution in [2.75, 3.05) is 7.11 Å². The second-order valence-electron chi connectivity index (χ2n) is 3.67. The van der Waals surface area contributed by atoms with Crippen molar-refractivity contribution in [3.63, 3.8) is 0 Å². The fourth-order valence-corrected chi connectivity index (χ4v) is 2.32. The number of hydrogen-bond acceptors (Lipinski definition) is 2. The third-order valence-electron chi connectivity index (χ3n) is 2.92. The Kier molecular flexibility index (Phi) is 2.01. The van der Waals surface area contributed by atoms with E-state index in [2.05, 4.69) is 0 Å². The van der Waals surface area contributed by atoms with Gasteiger partial charge in [-0.1, -0.05) is 0 Å². The number of allylic oxidation sites excluding steroid dienone is 1. The zero-order valence-corrected chi connectivity index (χ0v) is 7.38. The number of carbonyl (C=O) groups excluding carboxylic acids is 1. The molecule has 2 rings (SSSR count). The molecule has 66 valence electrons. The molecular weight excluding hydrogens is 152 g/mol. The average molecular weight is 166 g/mol. The van der Waals surface area contributed by atoms with Crippen LogP contribution >= 0.6 is 0 Å². The number of ether oxygens (including phenoxy) is 1. The Labute approximate surface area is 72.6 Å². The van der Waals surface area contributed by atoms with Gasteiger partial charge in [0, 0.05) is 13.5 Å². The highest BCUT2D eigenvalue weighted by Gasteiger charge is 2.33. The van der Waals surface area contributed by atoms with Gasteiger partial charge in [-0.25, -0.2) is 0 Å². The lowest BCUT2D eigenvalue weighted by molar-refractivity contribution is -0.114. The van der Waals surface area contributed by atoms with Crippen LogP contribution in [0.3, 0.4) is 0 Å². The van der Waals surface area contributed by atoms with Crippen LogP contribution in [0.1, 0.15) is 25.7 Å². The SMILES string of the molecule is CO[C@H]1CCC[C@@H]2CC(=O)C=C21. The molecule has 0 N–H and O–H groups in total. The monoisotopic (exact) mass is 166 g/mol. The van der Waals surface area contributed by atoms with Crippen LogP contribution in [0, 0.1) is 5.92 Å². The fraction of sp³-hybridized carbons (Fsp3) is 0.700. The molecule has 0 bridgehead atoms. The van der Waals surface area contributed by atoms with Gasteiger partial charge >= 0.3 is 0 Å². The molecule has 2 nitrogen and oxygen atoms in total. The third kappa shape index (κ3) is 1.20. The summed E-state index contributed by atoms with van der Waals surface area (Å²) in [5.74, 6) is 0.801. The molecule has 2 aliphatic rings. The molecule has 0 heterocycles. The van der Waals surface area contributed by atoms with E-state index in [1.165, 1.54) is 18.4 Å². The van der Waals surface area contributed by atoms with Gasteiger partial charge in [-0.15, -0.1) is 0 Å². The Morgan fingerprint density at radius 3 is 3.08 bits per heavy atom. The smallest absolute Gasteiger partial charge is 0.156 e. The fourth-order valence-electron chi connectivity index (χ4n) is 2.32. The lowest BCUT2D eigenvalue weighted by Gasteiger charge is -2.27. The average Bonchev–Trinajstić information content (AvgIpc) is 2.44. The summed E-state index contributed by atoms with van der Waals surface area (Å²) in [5, 5.41) is 0. The third-order valence-corrected chi connectivity index (χ3v) is 2.92. The van der Waals surface area contributed by atoms with Gasteiger partial charge in [0.25, 0.3) is 0 Å². The van der Waals surface area contributed by atoms with Gasteiger partial charge in [-0.2, -0.15) is 0 Å². The molecule has 0 saturated heterocycles. The molecule has 0 aliphatic heterocycles. The Morgan fingerprint density at radius 2 is 2.33 bits per heavy atom. The van der Waals surface area contributed by atoms with Crippen LogP contribution in [0.5, 0.6) is 0 Å².